The fourth-order valence-electron chi connectivity index (χ4n) is 1.74. The Labute approximate surface area is 102 Å². The van der Waals surface area contributed by atoms with Crippen molar-refractivity contribution in [1.82, 2.24) is 9.97 Å². The van der Waals surface area contributed by atoms with E-state index in [9.17, 15) is 0 Å². The molecule has 0 amide bonds. The highest BCUT2D eigenvalue weighted by atomic mass is 14.9. The van der Waals surface area contributed by atoms with Crippen LogP contribution in [0.1, 0.15) is 31.0 Å². The highest BCUT2D eigenvalue weighted by molar-refractivity contribution is 5.60. The number of hydrogen-bond acceptors (Lipinski definition) is 3. The lowest BCUT2D eigenvalue weighted by Crippen LogP contribution is -2.02. The van der Waals surface area contributed by atoms with Crippen molar-refractivity contribution >= 4 is 0 Å². The van der Waals surface area contributed by atoms with E-state index in [4.69, 9.17) is 5.73 Å². The van der Waals surface area contributed by atoms with E-state index in [-0.39, 0.29) is 0 Å². The van der Waals surface area contributed by atoms with E-state index in [0.717, 1.165) is 22.6 Å². The first-order valence-electron chi connectivity index (χ1n) is 5.83. The molecule has 17 heavy (non-hydrogen) atoms. The molecule has 0 fully saturated rings. The number of aromatic nitrogens is 2. The van der Waals surface area contributed by atoms with Crippen LogP contribution in [0.5, 0.6) is 0 Å². The summed E-state index contributed by atoms with van der Waals surface area (Å²) >= 11 is 0. The predicted octanol–water partition coefficient (Wildman–Crippen LogP) is 2.73. The maximum absolute atomic E-state index is 5.73. The molecule has 2 aromatic rings. The van der Waals surface area contributed by atoms with Gasteiger partial charge in [0.1, 0.15) is 0 Å². The smallest absolute Gasteiger partial charge is 0.159 e. The van der Waals surface area contributed by atoms with Gasteiger partial charge in [0, 0.05) is 24.0 Å². The Kier molecular flexibility index (Phi) is 3.49. The van der Waals surface area contributed by atoms with E-state index in [1.165, 1.54) is 0 Å². The van der Waals surface area contributed by atoms with Crippen LogP contribution < -0.4 is 5.73 Å². The number of rotatable bonds is 3. The molecule has 0 bridgehead atoms. The molecule has 2 N–H and O–H groups in total. The van der Waals surface area contributed by atoms with Crippen LogP contribution in [0.4, 0.5) is 0 Å². The van der Waals surface area contributed by atoms with Gasteiger partial charge in [-0.25, -0.2) is 9.97 Å². The second-order valence-corrected chi connectivity index (χ2v) is 4.32. The summed E-state index contributed by atoms with van der Waals surface area (Å²) < 4.78 is 0. The summed E-state index contributed by atoms with van der Waals surface area (Å²) in [5.41, 5.74) is 8.89. The molecule has 88 valence electrons. The van der Waals surface area contributed by atoms with Crippen LogP contribution >= 0.6 is 0 Å². The number of nitrogens with two attached hydrogens (primary N) is 1. The van der Waals surface area contributed by atoms with Crippen LogP contribution in [-0.2, 0) is 6.54 Å². The average molecular weight is 227 g/mol. The van der Waals surface area contributed by atoms with Crippen LogP contribution in [0.2, 0.25) is 0 Å². The lowest BCUT2D eigenvalue weighted by Gasteiger charge is -2.09. The molecule has 0 aliphatic heterocycles. The summed E-state index contributed by atoms with van der Waals surface area (Å²) in [6, 6.07) is 9.96. The maximum Gasteiger partial charge on any atom is 0.159 e. The minimum absolute atomic E-state index is 0.404. The lowest BCUT2D eigenvalue weighted by atomic mass is 10.1. The van der Waals surface area contributed by atoms with Gasteiger partial charge in [0.25, 0.3) is 0 Å². The molecule has 2 rings (SSSR count). The average Bonchev–Trinajstić information content (AvgIpc) is 2.39. The molecular formula is C14H17N3. The van der Waals surface area contributed by atoms with Gasteiger partial charge in [-0.05, 0) is 17.5 Å². The minimum Gasteiger partial charge on any atom is -0.326 e. The Balaban J connectivity index is 2.49. The number of hydrogen-bond donors (Lipinski definition) is 1. The normalized spacial score (nSPS) is 10.8. The molecule has 3 heteroatoms. The highest BCUT2D eigenvalue weighted by Gasteiger charge is 2.08. The zero-order chi connectivity index (χ0) is 12.3. The standard InChI is InChI=1S/C14H17N3/c1-10(2)13-7-8-16-14(17-13)12-6-4-3-5-11(12)9-15/h3-8,10H,9,15H2,1-2H3. The topological polar surface area (TPSA) is 51.8 Å². The van der Waals surface area contributed by atoms with Gasteiger partial charge in [0.05, 0.1) is 0 Å². The third-order valence-electron chi connectivity index (χ3n) is 2.75. The number of benzene rings is 1. The molecule has 0 saturated carbocycles. The Hall–Kier alpha value is -1.74. The van der Waals surface area contributed by atoms with E-state index in [1.54, 1.807) is 0 Å². The van der Waals surface area contributed by atoms with Crippen LogP contribution in [0, 0.1) is 0 Å². The zero-order valence-corrected chi connectivity index (χ0v) is 10.2. The van der Waals surface area contributed by atoms with Gasteiger partial charge in [-0.1, -0.05) is 38.1 Å². The molecule has 1 aromatic carbocycles. The molecule has 0 radical (unpaired) electrons. The van der Waals surface area contributed by atoms with Crippen LogP contribution in [0.15, 0.2) is 36.5 Å². The second kappa shape index (κ2) is 5.06. The third kappa shape index (κ3) is 2.50. The van der Waals surface area contributed by atoms with Crippen molar-refractivity contribution in [2.45, 2.75) is 26.3 Å². The Morgan fingerprint density at radius 1 is 1.18 bits per heavy atom. The Morgan fingerprint density at radius 2 is 1.94 bits per heavy atom. The molecule has 0 spiro atoms. The van der Waals surface area contributed by atoms with Gasteiger partial charge >= 0.3 is 0 Å². The van der Waals surface area contributed by atoms with Crippen LogP contribution in [-0.4, -0.2) is 9.97 Å². The summed E-state index contributed by atoms with van der Waals surface area (Å²) in [6.07, 6.45) is 1.81. The van der Waals surface area contributed by atoms with Gasteiger partial charge in [-0.2, -0.15) is 0 Å². The maximum atomic E-state index is 5.73. The molecule has 0 aliphatic rings. The van der Waals surface area contributed by atoms with Crippen molar-refractivity contribution in [1.29, 1.82) is 0 Å². The summed E-state index contributed by atoms with van der Waals surface area (Å²) in [4.78, 5) is 8.92. The second-order valence-electron chi connectivity index (χ2n) is 4.32. The van der Waals surface area contributed by atoms with E-state index < -0.39 is 0 Å². The van der Waals surface area contributed by atoms with Crippen molar-refractivity contribution in [2.24, 2.45) is 5.73 Å². The fraction of sp³-hybridized carbons (Fsp3) is 0.286. The first kappa shape index (κ1) is 11.7. The lowest BCUT2D eigenvalue weighted by molar-refractivity contribution is 0.816. The first-order valence-corrected chi connectivity index (χ1v) is 5.83. The molecule has 0 saturated heterocycles. The summed E-state index contributed by atoms with van der Waals surface area (Å²) in [5, 5.41) is 0. The first-order chi connectivity index (χ1) is 8.22. The zero-order valence-electron chi connectivity index (χ0n) is 10.2. The monoisotopic (exact) mass is 227 g/mol. The minimum atomic E-state index is 0.404. The summed E-state index contributed by atoms with van der Waals surface area (Å²) in [6.45, 7) is 4.76. The van der Waals surface area contributed by atoms with Crippen molar-refractivity contribution < 1.29 is 0 Å². The molecule has 3 nitrogen and oxygen atoms in total. The van der Waals surface area contributed by atoms with Crippen molar-refractivity contribution in [3.8, 4) is 11.4 Å². The van der Waals surface area contributed by atoms with Gasteiger partial charge in [-0.3, -0.25) is 0 Å². The highest BCUT2D eigenvalue weighted by Crippen LogP contribution is 2.21. The molecule has 1 heterocycles. The Bertz CT molecular complexity index is 506. The molecule has 0 atom stereocenters. The molecule has 1 aromatic heterocycles. The summed E-state index contributed by atoms with van der Waals surface area (Å²) in [5.74, 6) is 1.17. The predicted molar refractivity (Wildman–Crippen MR) is 69.4 cm³/mol. The van der Waals surface area contributed by atoms with Crippen LogP contribution in [0.3, 0.4) is 0 Å². The molecule has 0 aliphatic carbocycles. The van der Waals surface area contributed by atoms with Gasteiger partial charge in [0.2, 0.25) is 0 Å². The van der Waals surface area contributed by atoms with Gasteiger partial charge < -0.3 is 5.73 Å². The summed E-state index contributed by atoms with van der Waals surface area (Å²) in [7, 11) is 0. The SMILES string of the molecule is CC(C)c1ccnc(-c2ccccc2CN)n1. The van der Waals surface area contributed by atoms with Crippen molar-refractivity contribution in [3.05, 3.63) is 47.8 Å². The van der Waals surface area contributed by atoms with Crippen molar-refractivity contribution in [3.63, 3.8) is 0 Å². The molecule has 0 unspecified atom stereocenters. The quantitative estimate of drug-likeness (QED) is 0.877. The number of nitrogens with zero attached hydrogens (tertiary/aromatic N) is 2. The van der Waals surface area contributed by atoms with Crippen LogP contribution in [0.25, 0.3) is 11.4 Å². The van der Waals surface area contributed by atoms with E-state index in [0.29, 0.717) is 12.5 Å². The van der Waals surface area contributed by atoms with Crippen molar-refractivity contribution in [2.75, 3.05) is 0 Å². The Morgan fingerprint density at radius 3 is 2.65 bits per heavy atom. The van der Waals surface area contributed by atoms with Gasteiger partial charge in [0.15, 0.2) is 5.82 Å². The van der Waals surface area contributed by atoms with Gasteiger partial charge in [-0.15, -0.1) is 0 Å². The largest absolute Gasteiger partial charge is 0.326 e. The van der Waals surface area contributed by atoms with E-state index in [1.807, 2.05) is 36.5 Å². The fourth-order valence-corrected chi connectivity index (χ4v) is 1.74. The molecular weight excluding hydrogens is 210 g/mol. The third-order valence-corrected chi connectivity index (χ3v) is 2.75. The van der Waals surface area contributed by atoms with E-state index in [2.05, 4.69) is 23.8 Å². The van der Waals surface area contributed by atoms with E-state index >= 15 is 0 Å².